The summed E-state index contributed by atoms with van der Waals surface area (Å²) in [6, 6.07) is 15.1. The van der Waals surface area contributed by atoms with E-state index in [4.69, 9.17) is 0 Å². The van der Waals surface area contributed by atoms with E-state index < -0.39 is 0 Å². The van der Waals surface area contributed by atoms with Gasteiger partial charge < -0.3 is 15.1 Å². The topological polar surface area (TPSA) is 64.0 Å². The molecular formula is C30H38N2O3. The number of carbonyl (C=O) groups excluding carboxylic acids is 1. The normalized spacial score (nSPS) is 33.4. The van der Waals surface area contributed by atoms with E-state index in [1.165, 1.54) is 24.0 Å². The molecule has 0 saturated carbocycles. The van der Waals surface area contributed by atoms with Crippen molar-refractivity contribution < 1.29 is 15.0 Å². The molecule has 3 fully saturated rings. The molecular weight excluding hydrogens is 436 g/mol. The van der Waals surface area contributed by atoms with Gasteiger partial charge in [-0.25, -0.2) is 0 Å². The largest absolute Gasteiger partial charge is 0.508 e. The van der Waals surface area contributed by atoms with Crippen LogP contribution < -0.4 is 0 Å². The van der Waals surface area contributed by atoms with Crippen molar-refractivity contribution in [3.05, 3.63) is 64.7 Å². The lowest BCUT2D eigenvalue weighted by Gasteiger charge is -2.60. The van der Waals surface area contributed by atoms with Crippen LogP contribution in [-0.2, 0) is 18.4 Å². The third-order valence-electron chi connectivity index (χ3n) is 10.3. The number of aromatic hydroxyl groups is 1. The lowest BCUT2D eigenvalue weighted by atomic mass is 9.51. The Kier molecular flexibility index (Phi) is 5.32. The fourth-order valence-electron chi connectivity index (χ4n) is 7.80. The van der Waals surface area contributed by atoms with Crippen LogP contribution in [0.25, 0.3) is 0 Å². The summed E-state index contributed by atoms with van der Waals surface area (Å²) in [6.07, 6.45) is 5.57. The van der Waals surface area contributed by atoms with Gasteiger partial charge in [0.15, 0.2) is 0 Å². The molecule has 0 radical (unpaired) electrons. The second kappa shape index (κ2) is 8.07. The van der Waals surface area contributed by atoms with Crippen LogP contribution in [0.3, 0.4) is 0 Å². The smallest absolute Gasteiger partial charge is 0.254 e. The average Bonchev–Trinajstić information content (AvgIpc) is 3.05. The molecule has 2 aromatic rings. The van der Waals surface area contributed by atoms with E-state index in [-0.39, 0.29) is 28.9 Å². The number of hydrogen-bond acceptors (Lipinski definition) is 4. The predicted octanol–water partition coefficient (Wildman–Crippen LogP) is 4.63. The van der Waals surface area contributed by atoms with Crippen molar-refractivity contribution in [1.29, 1.82) is 0 Å². The number of nitrogens with zero attached hydrogens (tertiary/aromatic N) is 2. The van der Waals surface area contributed by atoms with Crippen molar-refractivity contribution in [3.8, 4) is 5.75 Å². The van der Waals surface area contributed by atoms with Crippen molar-refractivity contribution in [3.63, 3.8) is 0 Å². The summed E-state index contributed by atoms with van der Waals surface area (Å²) < 4.78 is 0. The van der Waals surface area contributed by atoms with Gasteiger partial charge in [-0.15, -0.1) is 0 Å². The number of carbonyl (C=O) groups is 1. The summed E-state index contributed by atoms with van der Waals surface area (Å²) in [4.78, 5) is 18.4. The zero-order valence-corrected chi connectivity index (χ0v) is 21.2. The Labute approximate surface area is 208 Å². The number of fused-ring (bicyclic) bond motifs is 6. The number of aliphatic hydroxyl groups excluding tert-OH is 1. The number of rotatable bonds is 3. The third-order valence-corrected chi connectivity index (χ3v) is 10.3. The zero-order valence-electron chi connectivity index (χ0n) is 21.2. The van der Waals surface area contributed by atoms with Gasteiger partial charge in [-0.3, -0.25) is 9.69 Å². The van der Waals surface area contributed by atoms with Crippen LogP contribution in [0.15, 0.2) is 42.5 Å². The summed E-state index contributed by atoms with van der Waals surface area (Å²) in [5.41, 5.74) is 4.06. The third kappa shape index (κ3) is 3.46. The second-order valence-electron chi connectivity index (χ2n) is 12.2. The number of likely N-dealkylation sites (tertiary alicyclic amines) is 1. The second-order valence-corrected chi connectivity index (χ2v) is 12.2. The number of phenols is 1. The Hall–Kier alpha value is -2.37. The molecule has 2 aromatic carbocycles. The van der Waals surface area contributed by atoms with Gasteiger partial charge in [-0.05, 0) is 78.8 Å². The number of aliphatic hydroxyl groups is 1. The maximum absolute atomic E-state index is 13.8. The minimum Gasteiger partial charge on any atom is -0.508 e. The first kappa shape index (κ1) is 23.1. The number of amides is 1. The van der Waals surface area contributed by atoms with E-state index in [9.17, 15) is 15.0 Å². The lowest BCUT2D eigenvalue weighted by molar-refractivity contribution is -0.0266. The summed E-state index contributed by atoms with van der Waals surface area (Å²) in [6.45, 7) is 8.51. The molecule has 4 aliphatic rings. The Bertz CT molecular complexity index is 1130. The highest BCUT2D eigenvalue weighted by atomic mass is 16.3. The Morgan fingerprint density at radius 2 is 1.71 bits per heavy atom. The van der Waals surface area contributed by atoms with Crippen LogP contribution in [0.2, 0.25) is 0 Å². The summed E-state index contributed by atoms with van der Waals surface area (Å²) in [7, 11) is 0. The summed E-state index contributed by atoms with van der Waals surface area (Å²) in [5.74, 6) is 0.448. The first-order chi connectivity index (χ1) is 16.7. The minimum absolute atomic E-state index is 0.0460. The Morgan fingerprint density at radius 1 is 1.03 bits per heavy atom. The SMILES string of the molecule is CC1(C)C2Cc3c(O)cccc3[C@]1(C)CCN2C(=O)c1ccc(CN2C3CCC2CC(O)C3)cc1. The average molecular weight is 475 g/mol. The van der Waals surface area contributed by atoms with Crippen LogP contribution in [0, 0.1) is 5.41 Å². The summed E-state index contributed by atoms with van der Waals surface area (Å²) in [5, 5.41) is 20.7. The monoisotopic (exact) mass is 474 g/mol. The highest BCUT2D eigenvalue weighted by molar-refractivity contribution is 5.94. The van der Waals surface area contributed by atoms with Gasteiger partial charge >= 0.3 is 0 Å². The molecule has 3 saturated heterocycles. The standard InChI is InChI=1S/C30H38N2O3/c1-29(2)27-17-24-25(5-4-6-26(24)34)30(29,3)13-14-31(27)28(35)20-9-7-19(8-10-20)18-32-21-11-12-22(32)16-23(33)15-21/h4-10,21-23,27,33-34H,11-18H2,1-3H3/t21?,22?,23?,27?,30-/m0/s1. The van der Waals surface area contributed by atoms with Crippen molar-refractivity contribution in [2.75, 3.05) is 6.54 Å². The Morgan fingerprint density at radius 3 is 2.40 bits per heavy atom. The van der Waals surface area contributed by atoms with Crippen molar-refractivity contribution in [2.24, 2.45) is 5.41 Å². The Balaban J connectivity index is 1.22. The van der Waals surface area contributed by atoms with Crippen LogP contribution in [0.1, 0.15) is 79.9 Å². The van der Waals surface area contributed by atoms with Gasteiger partial charge in [0.2, 0.25) is 0 Å². The number of phenolic OH excluding ortho intramolecular Hbond substituents is 1. The zero-order chi connectivity index (χ0) is 24.5. The molecule has 4 bridgehead atoms. The maximum Gasteiger partial charge on any atom is 0.254 e. The minimum atomic E-state index is -0.145. The van der Waals surface area contributed by atoms with Gasteiger partial charge in [-0.2, -0.15) is 0 Å². The molecule has 4 atom stereocenters. The molecule has 0 aromatic heterocycles. The van der Waals surface area contributed by atoms with E-state index in [1.54, 1.807) is 6.07 Å². The molecule has 1 aliphatic carbocycles. The summed E-state index contributed by atoms with van der Waals surface area (Å²) >= 11 is 0. The highest BCUT2D eigenvalue weighted by Gasteiger charge is 2.57. The number of piperidine rings is 2. The van der Waals surface area contributed by atoms with Gasteiger partial charge in [-0.1, -0.05) is 45.0 Å². The van der Waals surface area contributed by atoms with Gasteiger partial charge in [0.1, 0.15) is 5.75 Å². The molecule has 186 valence electrons. The molecule has 0 spiro atoms. The fourth-order valence-corrected chi connectivity index (χ4v) is 7.80. The van der Waals surface area contributed by atoms with Crippen molar-refractivity contribution in [1.82, 2.24) is 9.80 Å². The predicted molar refractivity (Wildman–Crippen MR) is 136 cm³/mol. The molecule has 3 aliphatic heterocycles. The first-order valence-corrected chi connectivity index (χ1v) is 13.3. The lowest BCUT2D eigenvalue weighted by Crippen LogP contribution is -2.64. The van der Waals surface area contributed by atoms with Crippen LogP contribution in [-0.4, -0.2) is 56.7 Å². The van der Waals surface area contributed by atoms with Crippen molar-refractivity contribution in [2.45, 2.75) is 95.5 Å². The van der Waals surface area contributed by atoms with Crippen molar-refractivity contribution >= 4 is 5.91 Å². The fraction of sp³-hybridized carbons (Fsp3) is 0.567. The molecule has 5 heteroatoms. The van der Waals surface area contributed by atoms with E-state index >= 15 is 0 Å². The molecule has 35 heavy (non-hydrogen) atoms. The number of hydrogen-bond donors (Lipinski definition) is 2. The van der Waals surface area contributed by atoms with E-state index in [0.29, 0.717) is 24.3 Å². The van der Waals surface area contributed by atoms with Gasteiger partial charge in [0.05, 0.1) is 6.10 Å². The highest BCUT2D eigenvalue weighted by Crippen LogP contribution is 2.57. The van der Waals surface area contributed by atoms with E-state index in [2.05, 4.69) is 48.8 Å². The maximum atomic E-state index is 13.8. The van der Waals surface area contributed by atoms with Gasteiger partial charge in [0.25, 0.3) is 5.91 Å². The van der Waals surface area contributed by atoms with Gasteiger partial charge in [0, 0.05) is 42.2 Å². The van der Waals surface area contributed by atoms with Crippen LogP contribution >= 0.6 is 0 Å². The molecule has 1 amide bonds. The molecule has 3 unspecified atom stereocenters. The van der Waals surface area contributed by atoms with E-state index in [1.807, 2.05) is 18.2 Å². The number of benzene rings is 2. The molecule has 5 nitrogen and oxygen atoms in total. The van der Waals surface area contributed by atoms with Crippen LogP contribution in [0.4, 0.5) is 0 Å². The quantitative estimate of drug-likeness (QED) is 0.681. The van der Waals surface area contributed by atoms with E-state index in [0.717, 1.165) is 43.5 Å². The molecule has 3 heterocycles. The van der Waals surface area contributed by atoms with Crippen LogP contribution in [0.5, 0.6) is 5.75 Å². The first-order valence-electron chi connectivity index (χ1n) is 13.3. The molecule has 2 N–H and O–H groups in total. The molecule has 6 rings (SSSR count).